The van der Waals surface area contributed by atoms with Gasteiger partial charge in [0.15, 0.2) is 21.7 Å². The number of fused-ring (bicyclic) bond motifs is 3. The number of anilines is 1. The Bertz CT molecular complexity index is 1590. The molecule has 2 atom stereocenters. The highest BCUT2D eigenvalue weighted by Crippen LogP contribution is 2.45. The van der Waals surface area contributed by atoms with Gasteiger partial charge in [-0.05, 0) is 31.7 Å². The van der Waals surface area contributed by atoms with Crippen molar-refractivity contribution in [2.45, 2.75) is 48.6 Å². The van der Waals surface area contributed by atoms with Gasteiger partial charge in [-0.15, -0.1) is 0 Å². The molecule has 2 aliphatic heterocycles. The summed E-state index contributed by atoms with van der Waals surface area (Å²) < 4.78 is 27.2. The Morgan fingerprint density at radius 3 is 2.36 bits per heavy atom. The van der Waals surface area contributed by atoms with Crippen molar-refractivity contribution < 1.29 is 8.42 Å². The Morgan fingerprint density at radius 2 is 1.75 bits per heavy atom. The third-order valence-electron chi connectivity index (χ3n) is 7.41. The summed E-state index contributed by atoms with van der Waals surface area (Å²) in [6.07, 6.45) is 10.1. The van der Waals surface area contributed by atoms with E-state index in [0.717, 1.165) is 41.5 Å². The van der Waals surface area contributed by atoms with Gasteiger partial charge in [0.1, 0.15) is 10.7 Å². The van der Waals surface area contributed by atoms with Crippen molar-refractivity contribution in [1.29, 1.82) is 5.26 Å². The maximum atomic E-state index is 12.9. The highest BCUT2D eigenvalue weighted by Gasteiger charge is 2.43. The van der Waals surface area contributed by atoms with Crippen LogP contribution in [0.15, 0.2) is 59.8 Å². The lowest BCUT2D eigenvalue weighted by molar-refractivity contribution is 0.195. The van der Waals surface area contributed by atoms with E-state index in [1.165, 1.54) is 4.52 Å². The van der Waals surface area contributed by atoms with E-state index in [2.05, 4.69) is 16.3 Å². The van der Waals surface area contributed by atoms with E-state index in [4.69, 9.17) is 10.7 Å². The minimum absolute atomic E-state index is 0.0389. The number of hydrogen-bond donors (Lipinski definition) is 1. The first-order valence-corrected chi connectivity index (χ1v) is 13.8. The van der Waals surface area contributed by atoms with Crippen LogP contribution < -0.4 is 5.73 Å². The molecule has 0 amide bonds. The van der Waals surface area contributed by atoms with Gasteiger partial charge >= 0.3 is 0 Å². The van der Waals surface area contributed by atoms with Crippen LogP contribution in [0.3, 0.4) is 0 Å². The normalized spacial score (nSPS) is 21.6. The van der Waals surface area contributed by atoms with Crippen molar-refractivity contribution in [3.05, 3.63) is 60.6 Å². The molecule has 2 bridgehead atoms. The lowest BCUT2D eigenvalue weighted by atomic mass is 9.88. The van der Waals surface area contributed by atoms with Gasteiger partial charge in [-0.3, -0.25) is 4.98 Å². The van der Waals surface area contributed by atoms with Gasteiger partial charge in [-0.1, -0.05) is 36.4 Å². The molecular formula is C26H25N7O2S. The van der Waals surface area contributed by atoms with Crippen LogP contribution in [0, 0.1) is 11.5 Å². The highest BCUT2D eigenvalue weighted by atomic mass is 32.2. The number of hydrogen-bond acceptors (Lipinski definition) is 8. The Balaban J connectivity index is 1.47. The van der Waals surface area contributed by atoms with E-state index in [-0.39, 0.29) is 28.7 Å². The van der Waals surface area contributed by atoms with Crippen molar-refractivity contribution in [2.24, 2.45) is 0 Å². The lowest BCUT2D eigenvalue weighted by Crippen LogP contribution is -2.39. The minimum atomic E-state index is -3.67. The second-order valence-electron chi connectivity index (χ2n) is 9.64. The molecule has 1 aromatic carbocycles. The molecule has 182 valence electrons. The van der Waals surface area contributed by atoms with Gasteiger partial charge in [0.05, 0.1) is 17.6 Å². The number of sulfone groups is 1. The molecule has 5 heterocycles. The molecule has 0 aliphatic carbocycles. The van der Waals surface area contributed by atoms with E-state index in [9.17, 15) is 13.7 Å². The molecule has 36 heavy (non-hydrogen) atoms. The quantitative estimate of drug-likeness (QED) is 0.421. The van der Waals surface area contributed by atoms with Crippen molar-refractivity contribution in [1.82, 2.24) is 24.5 Å². The predicted molar refractivity (Wildman–Crippen MR) is 135 cm³/mol. The number of nitriles is 1. The van der Waals surface area contributed by atoms with Crippen LogP contribution >= 0.6 is 0 Å². The minimum Gasteiger partial charge on any atom is -0.382 e. The summed E-state index contributed by atoms with van der Waals surface area (Å²) in [7, 11) is -3.67. The van der Waals surface area contributed by atoms with Crippen molar-refractivity contribution in [2.75, 3.05) is 12.0 Å². The Hall–Kier alpha value is -3.97. The largest absolute Gasteiger partial charge is 0.382 e. The number of pyridine rings is 1. The molecule has 2 fully saturated rings. The first-order chi connectivity index (χ1) is 17.3. The van der Waals surface area contributed by atoms with Crippen LogP contribution in [0.5, 0.6) is 0 Å². The van der Waals surface area contributed by atoms with Gasteiger partial charge in [0.25, 0.3) is 0 Å². The molecule has 10 heteroatoms. The maximum Gasteiger partial charge on any atom is 0.180 e. The molecule has 2 N–H and O–H groups in total. The second kappa shape index (κ2) is 8.31. The smallest absolute Gasteiger partial charge is 0.180 e. The molecule has 3 aromatic heterocycles. The van der Waals surface area contributed by atoms with Gasteiger partial charge < -0.3 is 10.6 Å². The van der Waals surface area contributed by atoms with Crippen LogP contribution in [0.4, 0.5) is 5.82 Å². The Kier molecular flexibility index (Phi) is 5.19. The summed E-state index contributed by atoms with van der Waals surface area (Å²) in [5, 5.41) is 13.9. The number of aromatic nitrogens is 4. The zero-order chi connectivity index (χ0) is 25.0. The Labute approximate surface area is 209 Å². The van der Waals surface area contributed by atoms with Gasteiger partial charge in [0, 0.05) is 47.1 Å². The van der Waals surface area contributed by atoms with Crippen LogP contribution in [-0.4, -0.2) is 51.2 Å². The van der Waals surface area contributed by atoms with E-state index in [0.29, 0.717) is 24.2 Å². The van der Waals surface area contributed by atoms with E-state index >= 15 is 0 Å². The molecule has 2 saturated heterocycles. The van der Waals surface area contributed by atoms with Gasteiger partial charge in [0.2, 0.25) is 0 Å². The maximum absolute atomic E-state index is 12.9. The average Bonchev–Trinajstić information content (AvgIpc) is 3.41. The molecule has 0 radical (unpaired) electrons. The summed E-state index contributed by atoms with van der Waals surface area (Å²) in [5.74, 6) is -0.0434. The predicted octanol–water partition coefficient (Wildman–Crippen LogP) is 3.64. The third-order valence-corrected chi connectivity index (χ3v) is 8.57. The summed E-state index contributed by atoms with van der Waals surface area (Å²) in [4.78, 5) is 11.4. The topological polar surface area (TPSA) is 130 Å². The molecule has 0 saturated carbocycles. The average molecular weight is 500 g/mol. The lowest BCUT2D eigenvalue weighted by Gasteiger charge is -2.35. The molecule has 4 aromatic rings. The summed E-state index contributed by atoms with van der Waals surface area (Å²) >= 11 is 0. The first-order valence-electron chi connectivity index (χ1n) is 11.9. The fourth-order valence-electron chi connectivity index (χ4n) is 5.77. The van der Waals surface area contributed by atoms with Gasteiger partial charge in [-0.25, -0.2) is 13.4 Å². The van der Waals surface area contributed by atoms with E-state index in [1.807, 2.05) is 47.4 Å². The number of nitrogen functional groups attached to an aromatic ring is 1. The van der Waals surface area contributed by atoms with Crippen molar-refractivity contribution in [3.63, 3.8) is 0 Å². The second-order valence-corrected chi connectivity index (χ2v) is 11.6. The molecule has 2 unspecified atom stereocenters. The standard InChI is InChI=1S/C26H25N7O2S/c1-36(34,35)24-23(18-11-19-8-9-20(12-18)32(19)15-27)31-26-21(14-30-33(26)25(24)28)17-7-10-22(29-13-17)16-5-3-2-4-6-16/h2-7,10,13-14,18-20H,8-9,11-12,28H2,1H3. The summed E-state index contributed by atoms with van der Waals surface area (Å²) in [6.45, 7) is 0. The third kappa shape index (κ3) is 3.58. The molecule has 0 spiro atoms. The zero-order valence-electron chi connectivity index (χ0n) is 19.7. The fourth-order valence-corrected chi connectivity index (χ4v) is 6.83. The van der Waals surface area contributed by atoms with Crippen LogP contribution in [-0.2, 0) is 9.84 Å². The summed E-state index contributed by atoms with van der Waals surface area (Å²) in [5.41, 5.74) is 10.8. The van der Waals surface area contributed by atoms with Crippen LogP contribution in [0.1, 0.15) is 37.3 Å². The molecule has 6 rings (SSSR count). The van der Waals surface area contributed by atoms with Gasteiger partial charge in [-0.2, -0.15) is 14.9 Å². The highest BCUT2D eigenvalue weighted by molar-refractivity contribution is 7.91. The van der Waals surface area contributed by atoms with Crippen molar-refractivity contribution >= 4 is 21.3 Å². The number of nitrogens with zero attached hydrogens (tertiary/aromatic N) is 6. The first kappa shape index (κ1) is 22.5. The number of piperidine rings is 1. The number of benzene rings is 1. The zero-order valence-corrected chi connectivity index (χ0v) is 20.6. The summed E-state index contributed by atoms with van der Waals surface area (Å²) in [6, 6.07) is 14.0. The van der Waals surface area contributed by atoms with E-state index < -0.39 is 9.84 Å². The van der Waals surface area contributed by atoms with Crippen molar-refractivity contribution in [3.8, 4) is 28.6 Å². The fraction of sp³-hybridized carbons (Fsp3) is 0.308. The molecule has 2 aliphatic rings. The monoisotopic (exact) mass is 499 g/mol. The number of rotatable bonds is 4. The molecular weight excluding hydrogens is 474 g/mol. The molecule has 9 nitrogen and oxygen atoms in total. The van der Waals surface area contributed by atoms with Crippen LogP contribution in [0.2, 0.25) is 0 Å². The Morgan fingerprint density at radius 1 is 1.03 bits per heavy atom. The SMILES string of the molecule is CS(=O)(=O)c1c(C2CC3CCC(C2)N3C#N)nc2c(-c3ccc(-c4ccccc4)nc3)cnn2c1N. The van der Waals surface area contributed by atoms with Crippen LogP contribution in [0.25, 0.3) is 28.0 Å². The number of nitrogens with two attached hydrogens (primary N) is 1. The van der Waals surface area contributed by atoms with E-state index in [1.54, 1.807) is 12.4 Å².